The molecule has 0 aliphatic heterocycles. The number of nitrogens with zero attached hydrogens (tertiary/aromatic N) is 1. The van der Waals surface area contributed by atoms with Gasteiger partial charge in [0, 0.05) is 37.6 Å². The molecular formula is C14H17N3O2S. The van der Waals surface area contributed by atoms with Crippen molar-refractivity contribution < 1.29 is 8.42 Å². The van der Waals surface area contributed by atoms with E-state index in [0.717, 1.165) is 11.4 Å². The molecule has 0 spiro atoms. The average molecular weight is 291 g/mol. The minimum atomic E-state index is -3.46. The fourth-order valence-electron chi connectivity index (χ4n) is 1.74. The van der Waals surface area contributed by atoms with E-state index in [1.54, 1.807) is 37.5 Å². The molecule has 106 valence electrons. The standard InChI is InChI=1S/C14H17N3O2S/c1-15-12-5-7-14(8-6-12)20(18,19)17-11-9-13-4-2-3-10-16-13/h2-8,10,15,17H,9,11H2,1H3. The monoisotopic (exact) mass is 291 g/mol. The summed E-state index contributed by atoms with van der Waals surface area (Å²) in [4.78, 5) is 4.41. The molecule has 1 aromatic heterocycles. The molecule has 2 N–H and O–H groups in total. The number of hydrogen-bond acceptors (Lipinski definition) is 4. The van der Waals surface area contributed by atoms with Crippen LogP contribution in [0.25, 0.3) is 0 Å². The highest BCUT2D eigenvalue weighted by molar-refractivity contribution is 7.89. The Labute approximate surface area is 119 Å². The Morgan fingerprint density at radius 1 is 1.10 bits per heavy atom. The van der Waals surface area contributed by atoms with Gasteiger partial charge in [-0.05, 0) is 36.4 Å². The number of aromatic nitrogens is 1. The number of anilines is 1. The summed E-state index contributed by atoms with van der Waals surface area (Å²) in [5.41, 5.74) is 1.73. The number of sulfonamides is 1. The van der Waals surface area contributed by atoms with Crippen molar-refractivity contribution in [1.29, 1.82) is 0 Å². The van der Waals surface area contributed by atoms with Crippen LogP contribution < -0.4 is 10.0 Å². The highest BCUT2D eigenvalue weighted by Crippen LogP contribution is 2.13. The third-order valence-corrected chi connectivity index (χ3v) is 4.33. The van der Waals surface area contributed by atoms with Gasteiger partial charge in [0.1, 0.15) is 0 Å². The van der Waals surface area contributed by atoms with E-state index in [1.165, 1.54) is 0 Å². The molecule has 0 unspecified atom stereocenters. The Hall–Kier alpha value is -1.92. The SMILES string of the molecule is CNc1ccc(S(=O)(=O)NCCc2ccccn2)cc1. The molecule has 20 heavy (non-hydrogen) atoms. The topological polar surface area (TPSA) is 71.1 Å². The van der Waals surface area contributed by atoms with Crippen molar-refractivity contribution >= 4 is 15.7 Å². The first-order valence-corrected chi connectivity index (χ1v) is 7.77. The van der Waals surface area contributed by atoms with E-state index in [0.29, 0.717) is 13.0 Å². The normalized spacial score (nSPS) is 11.2. The molecule has 0 radical (unpaired) electrons. The van der Waals surface area contributed by atoms with Gasteiger partial charge >= 0.3 is 0 Å². The van der Waals surface area contributed by atoms with Crippen LogP contribution in [0.5, 0.6) is 0 Å². The zero-order valence-electron chi connectivity index (χ0n) is 11.2. The van der Waals surface area contributed by atoms with Gasteiger partial charge in [0.05, 0.1) is 4.90 Å². The molecule has 1 aromatic carbocycles. The van der Waals surface area contributed by atoms with Gasteiger partial charge < -0.3 is 5.32 Å². The zero-order valence-corrected chi connectivity index (χ0v) is 12.0. The van der Waals surface area contributed by atoms with Gasteiger partial charge in [0.15, 0.2) is 0 Å². The molecule has 5 nitrogen and oxygen atoms in total. The molecular weight excluding hydrogens is 274 g/mol. The lowest BCUT2D eigenvalue weighted by Crippen LogP contribution is -2.26. The number of hydrogen-bond donors (Lipinski definition) is 2. The van der Waals surface area contributed by atoms with E-state index in [-0.39, 0.29) is 4.90 Å². The summed E-state index contributed by atoms with van der Waals surface area (Å²) < 4.78 is 26.7. The van der Waals surface area contributed by atoms with Crippen LogP contribution in [0.15, 0.2) is 53.6 Å². The fourth-order valence-corrected chi connectivity index (χ4v) is 2.78. The average Bonchev–Trinajstić information content (AvgIpc) is 2.48. The summed E-state index contributed by atoms with van der Waals surface area (Å²) in [7, 11) is -1.67. The number of rotatable bonds is 6. The molecule has 0 saturated carbocycles. The lowest BCUT2D eigenvalue weighted by Gasteiger charge is -2.07. The Morgan fingerprint density at radius 2 is 1.85 bits per heavy atom. The van der Waals surface area contributed by atoms with Crippen LogP contribution in [0, 0.1) is 0 Å². The van der Waals surface area contributed by atoms with E-state index in [1.807, 2.05) is 18.2 Å². The van der Waals surface area contributed by atoms with Crippen LogP contribution in [0.2, 0.25) is 0 Å². The maximum atomic E-state index is 12.1. The fraction of sp³-hybridized carbons (Fsp3) is 0.214. The molecule has 2 aromatic rings. The second-order valence-corrected chi connectivity index (χ2v) is 6.01. The van der Waals surface area contributed by atoms with Gasteiger partial charge in [-0.3, -0.25) is 4.98 Å². The Balaban J connectivity index is 1.96. The first-order valence-electron chi connectivity index (χ1n) is 6.29. The predicted octanol–water partition coefficient (Wildman–Crippen LogP) is 1.64. The van der Waals surface area contributed by atoms with Gasteiger partial charge in [0.25, 0.3) is 0 Å². The molecule has 0 fully saturated rings. The summed E-state index contributed by atoms with van der Waals surface area (Å²) in [5, 5.41) is 2.95. The maximum Gasteiger partial charge on any atom is 0.240 e. The first-order chi connectivity index (χ1) is 9.62. The molecule has 0 aliphatic carbocycles. The van der Waals surface area contributed by atoms with Crippen LogP contribution >= 0.6 is 0 Å². The third kappa shape index (κ3) is 3.79. The first kappa shape index (κ1) is 14.5. The van der Waals surface area contributed by atoms with Crippen molar-refractivity contribution in [2.45, 2.75) is 11.3 Å². The van der Waals surface area contributed by atoms with Crippen molar-refractivity contribution in [3.05, 3.63) is 54.4 Å². The van der Waals surface area contributed by atoms with Crippen molar-refractivity contribution in [1.82, 2.24) is 9.71 Å². The van der Waals surface area contributed by atoms with Gasteiger partial charge in [-0.15, -0.1) is 0 Å². The van der Waals surface area contributed by atoms with Crippen LogP contribution in [0.4, 0.5) is 5.69 Å². The Morgan fingerprint density at radius 3 is 2.45 bits per heavy atom. The smallest absolute Gasteiger partial charge is 0.240 e. The van der Waals surface area contributed by atoms with E-state index >= 15 is 0 Å². The van der Waals surface area contributed by atoms with Crippen molar-refractivity contribution in [2.24, 2.45) is 0 Å². The van der Waals surface area contributed by atoms with Crippen molar-refractivity contribution in [3.8, 4) is 0 Å². The van der Waals surface area contributed by atoms with E-state index < -0.39 is 10.0 Å². The van der Waals surface area contributed by atoms with Crippen LogP contribution in [-0.4, -0.2) is 27.0 Å². The number of nitrogens with one attached hydrogen (secondary N) is 2. The summed E-state index contributed by atoms with van der Waals surface area (Å²) in [5.74, 6) is 0. The van der Waals surface area contributed by atoms with Crippen molar-refractivity contribution in [2.75, 3.05) is 18.9 Å². The molecule has 1 heterocycles. The summed E-state index contributed by atoms with van der Waals surface area (Å²) in [6.45, 7) is 0.327. The van der Waals surface area contributed by atoms with Crippen LogP contribution in [0.3, 0.4) is 0 Å². The maximum absolute atomic E-state index is 12.1. The summed E-state index contributed by atoms with van der Waals surface area (Å²) in [6, 6.07) is 12.2. The molecule has 0 amide bonds. The quantitative estimate of drug-likeness (QED) is 0.849. The van der Waals surface area contributed by atoms with E-state index in [9.17, 15) is 8.42 Å². The highest BCUT2D eigenvalue weighted by atomic mass is 32.2. The lowest BCUT2D eigenvalue weighted by atomic mass is 10.3. The van der Waals surface area contributed by atoms with Crippen LogP contribution in [-0.2, 0) is 16.4 Å². The molecule has 0 aliphatic rings. The number of benzene rings is 1. The van der Waals surface area contributed by atoms with E-state index in [2.05, 4.69) is 15.0 Å². The molecule has 0 bridgehead atoms. The van der Waals surface area contributed by atoms with Gasteiger partial charge in [-0.1, -0.05) is 6.07 Å². The highest BCUT2D eigenvalue weighted by Gasteiger charge is 2.12. The molecule has 0 atom stereocenters. The van der Waals surface area contributed by atoms with Gasteiger partial charge in [-0.2, -0.15) is 0 Å². The van der Waals surface area contributed by atoms with Gasteiger partial charge in [-0.25, -0.2) is 13.1 Å². The van der Waals surface area contributed by atoms with Crippen LogP contribution in [0.1, 0.15) is 5.69 Å². The second-order valence-electron chi connectivity index (χ2n) is 4.24. The minimum Gasteiger partial charge on any atom is -0.388 e. The van der Waals surface area contributed by atoms with E-state index in [4.69, 9.17) is 0 Å². The Bertz CT molecular complexity index is 640. The summed E-state index contributed by atoms with van der Waals surface area (Å²) >= 11 is 0. The predicted molar refractivity (Wildman–Crippen MR) is 79.1 cm³/mol. The lowest BCUT2D eigenvalue weighted by molar-refractivity contribution is 0.581. The molecule has 0 saturated heterocycles. The molecule has 6 heteroatoms. The Kier molecular flexibility index (Phi) is 4.70. The minimum absolute atomic E-state index is 0.262. The van der Waals surface area contributed by atoms with Gasteiger partial charge in [0.2, 0.25) is 10.0 Å². The van der Waals surface area contributed by atoms with Crippen molar-refractivity contribution in [3.63, 3.8) is 0 Å². The summed E-state index contributed by atoms with van der Waals surface area (Å²) in [6.07, 6.45) is 2.26. The largest absolute Gasteiger partial charge is 0.388 e. The third-order valence-electron chi connectivity index (χ3n) is 2.85. The zero-order chi connectivity index (χ0) is 14.4. The second kappa shape index (κ2) is 6.49. The number of pyridine rings is 1. The molecule has 2 rings (SSSR count).